The average Bonchev–Trinajstić information content (AvgIpc) is 2.39. The third-order valence-electron chi connectivity index (χ3n) is 3.27. The first-order chi connectivity index (χ1) is 8.86. The van der Waals surface area contributed by atoms with Crippen LogP contribution >= 0.6 is 0 Å². The number of rotatable bonds is 10. The van der Waals surface area contributed by atoms with Crippen LogP contribution in [0.15, 0.2) is 0 Å². The molecule has 0 heterocycles. The van der Waals surface area contributed by atoms with E-state index < -0.39 is 15.8 Å². The molecule has 0 aliphatic heterocycles. The number of methoxy groups -OCH3 is 1. The Morgan fingerprint density at radius 2 is 1.95 bits per heavy atom. The van der Waals surface area contributed by atoms with Gasteiger partial charge in [-0.15, -0.1) is 0 Å². The Morgan fingerprint density at radius 3 is 2.42 bits per heavy atom. The largest absolute Gasteiger partial charge is 0.469 e. The van der Waals surface area contributed by atoms with Crippen molar-refractivity contribution in [3.05, 3.63) is 0 Å². The molecule has 0 saturated carbocycles. The molecule has 0 spiro atoms. The van der Waals surface area contributed by atoms with E-state index in [9.17, 15) is 13.2 Å². The third kappa shape index (κ3) is 8.21. The van der Waals surface area contributed by atoms with Gasteiger partial charge in [0.15, 0.2) is 9.84 Å². The van der Waals surface area contributed by atoms with Crippen LogP contribution in [0.3, 0.4) is 0 Å². The van der Waals surface area contributed by atoms with Gasteiger partial charge in [-0.1, -0.05) is 27.2 Å². The number of hydrogen-bond acceptors (Lipinski definition) is 5. The van der Waals surface area contributed by atoms with Crippen molar-refractivity contribution in [1.82, 2.24) is 5.32 Å². The zero-order valence-corrected chi connectivity index (χ0v) is 13.3. The number of ether oxygens (including phenoxy) is 1. The minimum absolute atomic E-state index is 0.0485. The first-order valence-corrected chi connectivity index (χ1v) is 8.69. The van der Waals surface area contributed by atoms with Crippen LogP contribution in [0.2, 0.25) is 0 Å². The number of carbonyl (C=O) groups excluding carboxylic acids is 1. The molecule has 0 amide bonds. The maximum atomic E-state index is 12.0. The summed E-state index contributed by atoms with van der Waals surface area (Å²) in [5, 5.41) is 3.28. The van der Waals surface area contributed by atoms with E-state index in [1.165, 1.54) is 7.11 Å². The van der Waals surface area contributed by atoms with E-state index in [1.54, 1.807) is 0 Å². The number of esters is 1. The Hall–Kier alpha value is -0.620. The number of carbonyl (C=O) groups is 1. The summed E-state index contributed by atoms with van der Waals surface area (Å²) in [6.45, 7) is 6.95. The molecule has 0 fully saturated rings. The molecule has 19 heavy (non-hydrogen) atoms. The Kier molecular flexibility index (Phi) is 9.01. The van der Waals surface area contributed by atoms with E-state index in [1.807, 2.05) is 20.8 Å². The van der Waals surface area contributed by atoms with E-state index in [-0.39, 0.29) is 24.0 Å². The van der Waals surface area contributed by atoms with Crippen molar-refractivity contribution < 1.29 is 17.9 Å². The highest BCUT2D eigenvalue weighted by Gasteiger charge is 2.23. The standard InChI is InChI=1S/C13H27NO4S/c1-5-8-14-12(11(3)6-2)10-19(16,17)9-7-13(15)18-4/h11-12,14H,5-10H2,1-4H3. The van der Waals surface area contributed by atoms with Crippen molar-refractivity contribution in [2.24, 2.45) is 5.92 Å². The molecule has 6 heteroatoms. The van der Waals surface area contributed by atoms with E-state index in [2.05, 4.69) is 10.1 Å². The first kappa shape index (κ1) is 18.4. The van der Waals surface area contributed by atoms with Gasteiger partial charge in [-0.05, 0) is 18.9 Å². The van der Waals surface area contributed by atoms with Gasteiger partial charge < -0.3 is 10.1 Å². The summed E-state index contributed by atoms with van der Waals surface area (Å²) >= 11 is 0. The van der Waals surface area contributed by atoms with Crippen LogP contribution in [-0.2, 0) is 19.4 Å². The highest BCUT2D eigenvalue weighted by Crippen LogP contribution is 2.11. The molecular weight excluding hydrogens is 266 g/mol. The Balaban J connectivity index is 4.49. The molecule has 0 aliphatic carbocycles. The SMILES string of the molecule is CCCNC(CS(=O)(=O)CCC(=O)OC)C(C)CC. The highest BCUT2D eigenvalue weighted by atomic mass is 32.2. The van der Waals surface area contributed by atoms with Crippen molar-refractivity contribution in [2.45, 2.75) is 46.1 Å². The molecular formula is C13H27NO4S. The molecule has 2 unspecified atom stereocenters. The highest BCUT2D eigenvalue weighted by molar-refractivity contribution is 7.91. The zero-order valence-electron chi connectivity index (χ0n) is 12.4. The van der Waals surface area contributed by atoms with Gasteiger partial charge in [0.05, 0.1) is 25.0 Å². The summed E-state index contributed by atoms with van der Waals surface area (Å²) in [4.78, 5) is 11.0. The molecule has 0 aromatic heterocycles. The summed E-state index contributed by atoms with van der Waals surface area (Å²) in [7, 11) is -1.97. The first-order valence-electron chi connectivity index (χ1n) is 6.86. The molecule has 0 rings (SSSR count). The molecule has 0 aliphatic rings. The van der Waals surface area contributed by atoms with Crippen LogP contribution in [-0.4, -0.2) is 45.6 Å². The number of hydrogen-bond donors (Lipinski definition) is 1. The summed E-state index contributed by atoms with van der Waals surface area (Å²) in [5.41, 5.74) is 0. The lowest BCUT2D eigenvalue weighted by molar-refractivity contribution is -0.140. The van der Waals surface area contributed by atoms with Gasteiger partial charge in [0.2, 0.25) is 0 Å². The molecule has 1 N–H and O–H groups in total. The van der Waals surface area contributed by atoms with Crippen molar-refractivity contribution in [3.63, 3.8) is 0 Å². The molecule has 0 aromatic rings. The predicted molar refractivity (Wildman–Crippen MR) is 76.8 cm³/mol. The van der Waals surface area contributed by atoms with Gasteiger partial charge in [-0.25, -0.2) is 8.42 Å². The minimum Gasteiger partial charge on any atom is -0.469 e. The molecule has 0 saturated heterocycles. The molecule has 0 aromatic carbocycles. The fourth-order valence-corrected chi connectivity index (χ4v) is 3.37. The van der Waals surface area contributed by atoms with Crippen molar-refractivity contribution in [1.29, 1.82) is 0 Å². The quantitative estimate of drug-likeness (QED) is 0.616. The Bertz CT molecular complexity index is 354. The fraction of sp³-hybridized carbons (Fsp3) is 0.923. The number of sulfone groups is 1. The molecule has 0 bridgehead atoms. The summed E-state index contributed by atoms with van der Waals surface area (Å²) in [6, 6.07) is -0.0485. The van der Waals surface area contributed by atoms with Crippen molar-refractivity contribution >= 4 is 15.8 Å². The molecule has 0 radical (unpaired) electrons. The van der Waals surface area contributed by atoms with Crippen LogP contribution in [0, 0.1) is 5.92 Å². The Morgan fingerprint density at radius 1 is 1.32 bits per heavy atom. The van der Waals surface area contributed by atoms with Gasteiger partial charge in [0, 0.05) is 6.04 Å². The van der Waals surface area contributed by atoms with Gasteiger partial charge >= 0.3 is 5.97 Å². The Labute approximate surface area is 117 Å². The third-order valence-corrected chi connectivity index (χ3v) is 4.96. The molecule has 5 nitrogen and oxygen atoms in total. The van der Waals surface area contributed by atoms with Crippen LogP contribution < -0.4 is 5.32 Å². The van der Waals surface area contributed by atoms with E-state index in [4.69, 9.17) is 0 Å². The van der Waals surface area contributed by atoms with Crippen LogP contribution in [0.5, 0.6) is 0 Å². The fourth-order valence-electron chi connectivity index (χ4n) is 1.74. The van der Waals surface area contributed by atoms with Gasteiger partial charge in [0.25, 0.3) is 0 Å². The normalized spacial score (nSPS) is 14.9. The summed E-state index contributed by atoms with van der Waals surface area (Å²) in [6.07, 6.45) is 1.82. The maximum Gasteiger partial charge on any atom is 0.306 e. The second kappa shape index (κ2) is 9.31. The van der Waals surface area contributed by atoms with Gasteiger partial charge in [0.1, 0.15) is 0 Å². The second-order valence-electron chi connectivity index (χ2n) is 4.89. The molecule has 114 valence electrons. The van der Waals surface area contributed by atoms with E-state index >= 15 is 0 Å². The second-order valence-corrected chi connectivity index (χ2v) is 7.12. The lowest BCUT2D eigenvalue weighted by Gasteiger charge is -2.24. The van der Waals surface area contributed by atoms with Crippen LogP contribution in [0.4, 0.5) is 0 Å². The van der Waals surface area contributed by atoms with Crippen molar-refractivity contribution in [3.8, 4) is 0 Å². The van der Waals surface area contributed by atoms with Crippen molar-refractivity contribution in [2.75, 3.05) is 25.2 Å². The van der Waals surface area contributed by atoms with Crippen LogP contribution in [0.25, 0.3) is 0 Å². The minimum atomic E-state index is -3.23. The lowest BCUT2D eigenvalue weighted by Crippen LogP contribution is -2.41. The summed E-state index contributed by atoms with van der Waals surface area (Å²) < 4.78 is 28.5. The maximum absolute atomic E-state index is 12.0. The zero-order chi connectivity index (χ0) is 14.9. The van der Waals surface area contributed by atoms with Gasteiger partial charge in [-0.3, -0.25) is 4.79 Å². The topological polar surface area (TPSA) is 72.5 Å². The smallest absolute Gasteiger partial charge is 0.306 e. The summed E-state index contributed by atoms with van der Waals surface area (Å²) in [5.74, 6) is -0.246. The van der Waals surface area contributed by atoms with Crippen LogP contribution in [0.1, 0.15) is 40.0 Å². The van der Waals surface area contributed by atoms with E-state index in [0.717, 1.165) is 19.4 Å². The number of nitrogens with one attached hydrogen (secondary N) is 1. The molecule has 2 atom stereocenters. The monoisotopic (exact) mass is 293 g/mol. The predicted octanol–water partition coefficient (Wildman–Crippen LogP) is 1.38. The lowest BCUT2D eigenvalue weighted by atomic mass is 10.0. The average molecular weight is 293 g/mol. The van der Waals surface area contributed by atoms with E-state index in [0.29, 0.717) is 5.92 Å². The van der Waals surface area contributed by atoms with Gasteiger partial charge in [-0.2, -0.15) is 0 Å².